The van der Waals surface area contributed by atoms with Gasteiger partial charge in [-0.25, -0.2) is 4.79 Å². The summed E-state index contributed by atoms with van der Waals surface area (Å²) in [6.45, 7) is 1.81. The van der Waals surface area contributed by atoms with E-state index in [-0.39, 0.29) is 25.7 Å². The van der Waals surface area contributed by atoms with Crippen LogP contribution in [0.4, 0.5) is 4.79 Å². The molecule has 1 aliphatic rings. The number of nitrogens with two attached hydrogens (primary N) is 1. The first-order chi connectivity index (χ1) is 20.6. The third kappa shape index (κ3) is 10.2. The largest absolute Gasteiger partial charge is 0.437 e. The highest BCUT2D eigenvalue weighted by Crippen LogP contribution is 2.29. The SMILES string of the molecule is COC[C@H](NC(=O)[C@H](C)OC(N)=O)C(=O)N[C@@]1(Cc2ccc(Cl)cc2)CCCN(C(=O)[C@@H](CCO)Cc2ccccc2)C1. The average Bonchev–Trinajstić information content (AvgIpc) is 2.97. The van der Waals surface area contributed by atoms with E-state index in [0.717, 1.165) is 11.1 Å². The van der Waals surface area contributed by atoms with E-state index >= 15 is 0 Å². The predicted octanol–water partition coefficient (Wildman–Crippen LogP) is 2.22. The highest BCUT2D eigenvalue weighted by molar-refractivity contribution is 6.30. The number of ether oxygens (including phenoxy) is 2. The van der Waals surface area contributed by atoms with Crippen LogP contribution in [0.1, 0.15) is 37.3 Å². The van der Waals surface area contributed by atoms with Crippen LogP contribution in [0.3, 0.4) is 0 Å². The lowest BCUT2D eigenvalue weighted by Gasteiger charge is -2.45. The van der Waals surface area contributed by atoms with Gasteiger partial charge in [0.2, 0.25) is 11.8 Å². The Balaban J connectivity index is 1.86. The molecule has 0 aromatic heterocycles. The molecule has 0 aliphatic carbocycles. The fourth-order valence-corrected chi connectivity index (χ4v) is 5.57. The second-order valence-corrected chi connectivity index (χ2v) is 11.4. The average molecular weight is 617 g/mol. The van der Waals surface area contributed by atoms with Crippen molar-refractivity contribution >= 4 is 35.4 Å². The van der Waals surface area contributed by atoms with Crippen LogP contribution in [0.25, 0.3) is 0 Å². The van der Waals surface area contributed by atoms with Crippen LogP contribution >= 0.6 is 11.6 Å². The quantitative estimate of drug-likeness (QED) is 0.253. The number of amides is 4. The van der Waals surface area contributed by atoms with Gasteiger partial charge in [-0.05, 0) is 62.3 Å². The van der Waals surface area contributed by atoms with E-state index in [1.165, 1.54) is 14.0 Å². The summed E-state index contributed by atoms with van der Waals surface area (Å²) >= 11 is 6.11. The molecule has 0 radical (unpaired) electrons. The molecule has 0 unspecified atom stereocenters. The Kier molecular flexibility index (Phi) is 12.8. The number of halogens is 1. The number of primary amides is 1. The summed E-state index contributed by atoms with van der Waals surface area (Å²) in [7, 11) is 1.40. The van der Waals surface area contributed by atoms with Gasteiger partial charge in [0.1, 0.15) is 6.04 Å². The highest BCUT2D eigenvalue weighted by Gasteiger charge is 2.41. The monoisotopic (exact) mass is 616 g/mol. The van der Waals surface area contributed by atoms with E-state index in [4.69, 9.17) is 26.8 Å². The minimum atomic E-state index is -1.22. The molecule has 12 heteroatoms. The number of carbonyl (C=O) groups excluding carboxylic acids is 4. The van der Waals surface area contributed by atoms with Gasteiger partial charge >= 0.3 is 6.09 Å². The molecule has 5 N–H and O–H groups in total. The fourth-order valence-electron chi connectivity index (χ4n) is 5.44. The summed E-state index contributed by atoms with van der Waals surface area (Å²) in [5.74, 6) is -1.75. The summed E-state index contributed by atoms with van der Waals surface area (Å²) in [6, 6.07) is 15.8. The van der Waals surface area contributed by atoms with Crippen LogP contribution in [0.15, 0.2) is 54.6 Å². The molecule has 2 aromatic carbocycles. The number of nitrogens with zero attached hydrogens (tertiary/aromatic N) is 1. The van der Waals surface area contributed by atoms with Crippen molar-refractivity contribution in [2.24, 2.45) is 11.7 Å². The van der Waals surface area contributed by atoms with Crippen LogP contribution in [0.2, 0.25) is 5.02 Å². The van der Waals surface area contributed by atoms with Gasteiger partial charge in [-0.15, -0.1) is 0 Å². The molecule has 0 saturated carbocycles. The molecule has 234 valence electrons. The van der Waals surface area contributed by atoms with Crippen molar-refractivity contribution in [2.75, 3.05) is 33.4 Å². The van der Waals surface area contributed by atoms with Crippen molar-refractivity contribution in [3.05, 3.63) is 70.7 Å². The minimum Gasteiger partial charge on any atom is -0.437 e. The van der Waals surface area contributed by atoms with Crippen molar-refractivity contribution in [1.29, 1.82) is 0 Å². The van der Waals surface area contributed by atoms with E-state index < -0.39 is 41.5 Å². The Morgan fingerprint density at radius 3 is 2.40 bits per heavy atom. The molecule has 1 aliphatic heterocycles. The van der Waals surface area contributed by atoms with Crippen molar-refractivity contribution in [1.82, 2.24) is 15.5 Å². The zero-order valence-corrected chi connectivity index (χ0v) is 25.3. The first kappa shape index (κ1) is 33.8. The molecule has 43 heavy (non-hydrogen) atoms. The van der Waals surface area contributed by atoms with E-state index in [1.807, 2.05) is 42.5 Å². The minimum absolute atomic E-state index is 0.0912. The summed E-state index contributed by atoms with van der Waals surface area (Å²) in [5, 5.41) is 16.0. The third-order valence-electron chi connectivity index (χ3n) is 7.51. The molecule has 4 amide bonds. The number of carbonyl (C=O) groups is 4. The van der Waals surface area contributed by atoms with Gasteiger partial charge in [-0.2, -0.15) is 0 Å². The number of aliphatic hydroxyl groups is 1. The standard InChI is InChI=1S/C31H41ClN4O7/c1-21(43-30(33)41)27(38)34-26(19-42-2)28(39)35-31(18-23-9-11-25(32)12-10-23)14-6-15-36(20-31)29(40)24(13-16-37)17-22-7-4-3-5-8-22/h3-5,7-12,21,24,26,37H,6,13-20H2,1-2H3,(H2,33,41)(H,34,38)(H,35,39)/t21-,24-,26-,31+/m0/s1. The maximum atomic E-state index is 13.9. The van der Waals surface area contributed by atoms with Gasteiger partial charge in [-0.1, -0.05) is 54.1 Å². The number of methoxy groups -OCH3 is 1. The maximum Gasteiger partial charge on any atom is 0.405 e. The van der Waals surface area contributed by atoms with Gasteiger partial charge in [0.05, 0.1) is 12.1 Å². The zero-order valence-electron chi connectivity index (χ0n) is 24.6. The molecule has 1 saturated heterocycles. The predicted molar refractivity (Wildman–Crippen MR) is 161 cm³/mol. The summed E-state index contributed by atoms with van der Waals surface area (Å²) in [6.07, 6.45) is 0.0669. The van der Waals surface area contributed by atoms with Gasteiger partial charge in [-0.3, -0.25) is 14.4 Å². The van der Waals surface area contributed by atoms with E-state index in [1.54, 1.807) is 17.0 Å². The number of rotatable bonds is 14. The van der Waals surface area contributed by atoms with Crippen LogP contribution in [-0.2, 0) is 36.7 Å². The van der Waals surface area contributed by atoms with Gasteiger partial charge < -0.3 is 35.8 Å². The lowest BCUT2D eigenvalue weighted by Crippen LogP contribution is -2.64. The van der Waals surface area contributed by atoms with Crippen LogP contribution in [0.5, 0.6) is 0 Å². The molecule has 0 spiro atoms. The molecule has 1 heterocycles. The lowest BCUT2D eigenvalue weighted by molar-refractivity contribution is -0.140. The van der Waals surface area contributed by atoms with Crippen LogP contribution in [0, 0.1) is 5.92 Å². The number of hydrogen-bond donors (Lipinski definition) is 4. The second kappa shape index (κ2) is 16.3. The van der Waals surface area contributed by atoms with Crippen LogP contribution < -0.4 is 16.4 Å². The fraction of sp³-hybridized carbons (Fsp3) is 0.484. The maximum absolute atomic E-state index is 13.9. The topological polar surface area (TPSA) is 160 Å². The van der Waals surface area contributed by atoms with Crippen molar-refractivity contribution < 1.29 is 33.8 Å². The summed E-state index contributed by atoms with van der Waals surface area (Å²) in [4.78, 5) is 53.0. The van der Waals surface area contributed by atoms with E-state index in [2.05, 4.69) is 10.6 Å². The Morgan fingerprint density at radius 1 is 1.07 bits per heavy atom. The number of aliphatic hydroxyl groups excluding tert-OH is 1. The first-order valence-electron chi connectivity index (χ1n) is 14.3. The van der Waals surface area contributed by atoms with Gasteiger partial charge in [0.15, 0.2) is 6.10 Å². The number of likely N-dealkylation sites (tertiary alicyclic amines) is 1. The number of hydrogen-bond acceptors (Lipinski definition) is 7. The second-order valence-electron chi connectivity index (χ2n) is 10.9. The Labute approximate surface area is 257 Å². The first-order valence-corrected chi connectivity index (χ1v) is 14.7. The smallest absolute Gasteiger partial charge is 0.405 e. The Morgan fingerprint density at radius 2 is 1.77 bits per heavy atom. The molecule has 1 fully saturated rings. The number of piperidine rings is 1. The molecule has 11 nitrogen and oxygen atoms in total. The van der Waals surface area contributed by atoms with Gasteiger partial charge in [0.25, 0.3) is 5.91 Å². The van der Waals surface area contributed by atoms with Crippen molar-refractivity contribution in [3.63, 3.8) is 0 Å². The lowest BCUT2D eigenvalue weighted by atomic mass is 9.82. The zero-order chi connectivity index (χ0) is 31.4. The van der Waals surface area contributed by atoms with Crippen molar-refractivity contribution in [3.8, 4) is 0 Å². The summed E-state index contributed by atoms with van der Waals surface area (Å²) < 4.78 is 9.94. The van der Waals surface area contributed by atoms with E-state index in [0.29, 0.717) is 43.7 Å². The molecule has 3 rings (SSSR count). The van der Waals surface area contributed by atoms with Crippen molar-refractivity contribution in [2.45, 2.75) is 56.7 Å². The van der Waals surface area contributed by atoms with Gasteiger partial charge in [0, 0.05) is 37.7 Å². The Hall–Kier alpha value is -3.67. The highest BCUT2D eigenvalue weighted by atomic mass is 35.5. The third-order valence-corrected chi connectivity index (χ3v) is 7.76. The molecular formula is C31H41ClN4O7. The molecule has 2 aromatic rings. The summed E-state index contributed by atoms with van der Waals surface area (Å²) in [5.41, 5.74) is 6.06. The molecule has 4 atom stereocenters. The molecular weight excluding hydrogens is 576 g/mol. The normalized spacial score (nSPS) is 18.7. The Bertz CT molecular complexity index is 1230. The van der Waals surface area contributed by atoms with E-state index in [9.17, 15) is 24.3 Å². The number of benzene rings is 2. The molecule has 0 bridgehead atoms. The van der Waals surface area contributed by atoms with Crippen LogP contribution in [-0.4, -0.2) is 84.9 Å². The number of nitrogens with one attached hydrogen (secondary N) is 2.